The number of carbonyl (C=O) groups excluding carboxylic acids is 3. The maximum atomic E-state index is 13.0. The van der Waals surface area contributed by atoms with Crippen LogP contribution in [0.15, 0.2) is 30.3 Å². The SMILES string of the molecule is COC(=O)C1CCC2C(=O)N(CCCC(=O)NC3CCN(Cc4ccccc4)CC3)C(=S)NC2C1. The lowest BCUT2D eigenvalue weighted by Crippen LogP contribution is -2.61. The Bertz CT molecular complexity index is 919. The van der Waals surface area contributed by atoms with E-state index in [1.54, 1.807) is 4.90 Å². The molecule has 0 bridgehead atoms. The first kappa shape index (κ1) is 25.6. The Kier molecular flexibility index (Phi) is 8.73. The zero-order chi connectivity index (χ0) is 24.8. The van der Waals surface area contributed by atoms with Crippen LogP contribution in [0.5, 0.6) is 0 Å². The number of hydrogen-bond donors (Lipinski definition) is 2. The third kappa shape index (κ3) is 6.58. The lowest BCUT2D eigenvalue weighted by atomic mass is 9.76. The molecule has 3 atom stereocenters. The number of thiocarbonyl (C=S) groups is 1. The zero-order valence-corrected chi connectivity index (χ0v) is 21.2. The maximum Gasteiger partial charge on any atom is 0.308 e. The summed E-state index contributed by atoms with van der Waals surface area (Å²) < 4.78 is 4.87. The monoisotopic (exact) mass is 500 g/mol. The molecule has 2 N–H and O–H groups in total. The van der Waals surface area contributed by atoms with Crippen molar-refractivity contribution in [3.8, 4) is 0 Å². The van der Waals surface area contributed by atoms with Crippen molar-refractivity contribution >= 4 is 35.1 Å². The number of hydrogen-bond acceptors (Lipinski definition) is 6. The third-order valence-corrected chi connectivity index (χ3v) is 7.85. The van der Waals surface area contributed by atoms with Crippen LogP contribution < -0.4 is 10.6 Å². The van der Waals surface area contributed by atoms with Crippen molar-refractivity contribution in [3.05, 3.63) is 35.9 Å². The molecule has 0 radical (unpaired) electrons. The molecule has 3 unspecified atom stereocenters. The number of fused-ring (bicyclic) bond motifs is 1. The second-order valence-electron chi connectivity index (χ2n) is 9.89. The molecule has 2 heterocycles. The van der Waals surface area contributed by atoms with Crippen molar-refractivity contribution in [2.24, 2.45) is 11.8 Å². The van der Waals surface area contributed by atoms with Crippen LogP contribution in [0.1, 0.15) is 50.5 Å². The number of esters is 1. The van der Waals surface area contributed by atoms with E-state index in [0.717, 1.165) is 32.5 Å². The fourth-order valence-electron chi connectivity index (χ4n) is 5.53. The van der Waals surface area contributed by atoms with Gasteiger partial charge in [0.05, 0.1) is 18.9 Å². The highest BCUT2D eigenvalue weighted by Crippen LogP contribution is 2.33. The molecule has 1 aromatic carbocycles. The highest BCUT2D eigenvalue weighted by atomic mass is 32.1. The largest absolute Gasteiger partial charge is 0.469 e. The molecule has 2 aliphatic heterocycles. The summed E-state index contributed by atoms with van der Waals surface area (Å²) in [7, 11) is 1.39. The molecular formula is C26H36N4O4S. The number of likely N-dealkylation sites (tertiary alicyclic amines) is 1. The van der Waals surface area contributed by atoms with E-state index in [2.05, 4.69) is 39.8 Å². The minimum atomic E-state index is -0.223. The Hall–Kier alpha value is -2.52. The van der Waals surface area contributed by atoms with Crippen LogP contribution in [-0.4, -0.2) is 71.5 Å². The Morgan fingerprint density at radius 1 is 1.14 bits per heavy atom. The van der Waals surface area contributed by atoms with E-state index < -0.39 is 0 Å². The van der Waals surface area contributed by atoms with E-state index in [1.165, 1.54) is 12.7 Å². The Morgan fingerprint density at radius 2 is 1.89 bits per heavy atom. The molecule has 4 rings (SSSR count). The second-order valence-corrected chi connectivity index (χ2v) is 10.3. The predicted octanol–water partition coefficient (Wildman–Crippen LogP) is 2.22. The van der Waals surface area contributed by atoms with E-state index in [0.29, 0.717) is 43.8 Å². The Morgan fingerprint density at radius 3 is 2.60 bits per heavy atom. The van der Waals surface area contributed by atoms with E-state index >= 15 is 0 Å². The van der Waals surface area contributed by atoms with Crippen molar-refractivity contribution in [1.29, 1.82) is 0 Å². The van der Waals surface area contributed by atoms with Gasteiger partial charge >= 0.3 is 5.97 Å². The van der Waals surface area contributed by atoms with Gasteiger partial charge in [-0.3, -0.25) is 24.2 Å². The van der Waals surface area contributed by atoms with E-state index in [1.807, 2.05) is 6.07 Å². The second kappa shape index (κ2) is 11.9. The average Bonchev–Trinajstić information content (AvgIpc) is 2.87. The van der Waals surface area contributed by atoms with Crippen LogP contribution in [0, 0.1) is 11.8 Å². The normalized spacial score (nSPS) is 25.5. The Labute approximate surface area is 212 Å². The summed E-state index contributed by atoms with van der Waals surface area (Å²) in [6.45, 7) is 3.32. The van der Waals surface area contributed by atoms with Gasteiger partial charge in [0, 0.05) is 44.7 Å². The fourth-order valence-corrected chi connectivity index (χ4v) is 5.86. The van der Waals surface area contributed by atoms with Gasteiger partial charge in [0.2, 0.25) is 11.8 Å². The highest BCUT2D eigenvalue weighted by Gasteiger charge is 2.44. The van der Waals surface area contributed by atoms with Crippen LogP contribution >= 0.6 is 12.2 Å². The van der Waals surface area contributed by atoms with Crippen LogP contribution in [0.3, 0.4) is 0 Å². The number of rotatable bonds is 8. The van der Waals surface area contributed by atoms with Crippen LogP contribution in [0.4, 0.5) is 0 Å². The van der Waals surface area contributed by atoms with Crippen molar-refractivity contribution < 1.29 is 19.1 Å². The smallest absolute Gasteiger partial charge is 0.308 e. The van der Waals surface area contributed by atoms with E-state index in [4.69, 9.17) is 17.0 Å². The van der Waals surface area contributed by atoms with Crippen molar-refractivity contribution in [3.63, 3.8) is 0 Å². The van der Waals surface area contributed by atoms with Gasteiger partial charge in [0.25, 0.3) is 0 Å². The molecule has 9 heteroatoms. The first-order valence-electron chi connectivity index (χ1n) is 12.7. The highest BCUT2D eigenvalue weighted by molar-refractivity contribution is 7.80. The minimum absolute atomic E-state index is 0.00765. The van der Waals surface area contributed by atoms with Crippen LogP contribution in [-0.2, 0) is 25.7 Å². The van der Waals surface area contributed by atoms with E-state index in [9.17, 15) is 14.4 Å². The minimum Gasteiger partial charge on any atom is -0.469 e. The lowest BCUT2D eigenvalue weighted by molar-refractivity contribution is -0.149. The number of carbonyl (C=O) groups is 3. The molecule has 8 nitrogen and oxygen atoms in total. The molecule has 0 aromatic heterocycles. The number of amides is 2. The van der Waals surface area contributed by atoms with Crippen molar-refractivity contribution in [2.75, 3.05) is 26.7 Å². The standard InChI is InChI=1S/C26H36N4O4S/c1-34-25(33)19-9-10-21-22(16-19)28-26(35)30(24(21)32)13-5-8-23(31)27-20-11-14-29(15-12-20)17-18-6-3-2-4-7-18/h2-4,6-7,19-22H,5,8-17H2,1H3,(H,27,31)(H,28,35). The van der Waals surface area contributed by atoms with Gasteiger partial charge in [-0.2, -0.15) is 0 Å². The summed E-state index contributed by atoms with van der Waals surface area (Å²) in [5.41, 5.74) is 1.32. The number of nitrogens with zero attached hydrogens (tertiary/aromatic N) is 2. The third-order valence-electron chi connectivity index (χ3n) is 7.51. The summed E-state index contributed by atoms with van der Waals surface area (Å²) in [6, 6.07) is 10.5. The molecule has 35 heavy (non-hydrogen) atoms. The van der Waals surface area contributed by atoms with Crippen molar-refractivity contribution in [1.82, 2.24) is 20.4 Å². The van der Waals surface area contributed by atoms with E-state index in [-0.39, 0.29) is 41.7 Å². The van der Waals surface area contributed by atoms with Gasteiger partial charge < -0.3 is 15.4 Å². The van der Waals surface area contributed by atoms with Gasteiger partial charge in [0.1, 0.15) is 0 Å². The summed E-state index contributed by atoms with van der Waals surface area (Å²) in [6.07, 6.45) is 4.68. The van der Waals surface area contributed by atoms with Crippen LogP contribution in [0.2, 0.25) is 0 Å². The number of methoxy groups -OCH3 is 1. The molecule has 1 saturated carbocycles. The van der Waals surface area contributed by atoms with Gasteiger partial charge in [-0.15, -0.1) is 0 Å². The molecule has 2 amide bonds. The lowest BCUT2D eigenvalue weighted by Gasteiger charge is -2.43. The molecule has 190 valence electrons. The first-order valence-corrected chi connectivity index (χ1v) is 13.1. The first-order chi connectivity index (χ1) is 16.9. The quantitative estimate of drug-likeness (QED) is 0.418. The number of benzene rings is 1. The summed E-state index contributed by atoms with van der Waals surface area (Å²) >= 11 is 5.45. The average molecular weight is 501 g/mol. The van der Waals surface area contributed by atoms with Gasteiger partial charge in [0.15, 0.2) is 5.11 Å². The summed E-state index contributed by atoms with van der Waals surface area (Å²) in [4.78, 5) is 41.5. The number of piperidine rings is 1. The van der Waals surface area contributed by atoms with Gasteiger partial charge in [-0.25, -0.2) is 0 Å². The molecule has 2 saturated heterocycles. The van der Waals surface area contributed by atoms with Gasteiger partial charge in [-0.1, -0.05) is 30.3 Å². The molecule has 0 spiro atoms. The van der Waals surface area contributed by atoms with Crippen molar-refractivity contribution in [2.45, 2.75) is 63.6 Å². The topological polar surface area (TPSA) is 91.0 Å². The predicted molar refractivity (Wildman–Crippen MR) is 136 cm³/mol. The maximum absolute atomic E-state index is 13.0. The molecule has 1 aromatic rings. The molecule has 3 fully saturated rings. The molecule has 1 aliphatic carbocycles. The zero-order valence-electron chi connectivity index (χ0n) is 20.4. The molecule has 3 aliphatic rings. The Balaban J connectivity index is 1.16. The fraction of sp³-hybridized carbons (Fsp3) is 0.615. The van der Waals surface area contributed by atoms with Gasteiger partial charge in [-0.05, 0) is 56.3 Å². The number of nitrogens with one attached hydrogen (secondary N) is 2. The molecular weight excluding hydrogens is 464 g/mol. The summed E-state index contributed by atoms with van der Waals surface area (Å²) in [5.74, 6) is -0.555. The van der Waals surface area contributed by atoms with Crippen LogP contribution in [0.25, 0.3) is 0 Å². The number of ether oxygens (including phenoxy) is 1. The summed E-state index contributed by atoms with van der Waals surface area (Å²) in [5, 5.41) is 6.82.